The molecule has 0 aliphatic rings. The van der Waals surface area contributed by atoms with Crippen molar-refractivity contribution in [3.05, 3.63) is 59.2 Å². The Morgan fingerprint density at radius 3 is 2.22 bits per heavy atom. The van der Waals surface area contributed by atoms with Gasteiger partial charge in [-0.25, -0.2) is 13.1 Å². The zero-order chi connectivity index (χ0) is 17.0. The van der Waals surface area contributed by atoms with E-state index >= 15 is 0 Å². The Bertz CT molecular complexity index is 812. The minimum absolute atomic E-state index is 0.195. The van der Waals surface area contributed by atoms with Gasteiger partial charge in [0.2, 0.25) is 15.9 Å². The second-order valence-electron chi connectivity index (χ2n) is 5.51. The molecule has 2 N–H and O–H groups in total. The second kappa shape index (κ2) is 6.93. The van der Waals surface area contributed by atoms with Crippen LogP contribution in [0.3, 0.4) is 0 Å². The number of aryl methyl sites for hydroxylation is 3. The number of amides is 1. The first-order valence-corrected chi connectivity index (χ1v) is 8.70. The van der Waals surface area contributed by atoms with Crippen molar-refractivity contribution in [1.29, 1.82) is 0 Å². The Morgan fingerprint density at radius 1 is 0.957 bits per heavy atom. The molecule has 0 heterocycles. The van der Waals surface area contributed by atoms with Crippen LogP contribution in [-0.4, -0.2) is 20.9 Å². The predicted molar refractivity (Wildman–Crippen MR) is 90.9 cm³/mol. The number of anilines is 1. The van der Waals surface area contributed by atoms with E-state index in [9.17, 15) is 13.2 Å². The molecule has 0 saturated heterocycles. The number of carbonyl (C=O) groups excluding carboxylic acids is 1. The zero-order valence-corrected chi connectivity index (χ0v) is 14.2. The summed E-state index contributed by atoms with van der Waals surface area (Å²) >= 11 is 0. The third kappa shape index (κ3) is 4.64. The lowest BCUT2D eigenvalue weighted by Gasteiger charge is -2.10. The van der Waals surface area contributed by atoms with Gasteiger partial charge in [0, 0.05) is 5.69 Å². The molecule has 6 heteroatoms. The number of hydrogen-bond acceptors (Lipinski definition) is 3. The molecule has 5 nitrogen and oxygen atoms in total. The monoisotopic (exact) mass is 332 g/mol. The molecule has 2 aromatic rings. The Labute approximate surface area is 136 Å². The van der Waals surface area contributed by atoms with Crippen molar-refractivity contribution in [2.75, 3.05) is 11.9 Å². The average molecular weight is 332 g/mol. The van der Waals surface area contributed by atoms with Gasteiger partial charge in [-0.3, -0.25) is 4.79 Å². The lowest BCUT2D eigenvalue weighted by atomic mass is 10.2. The van der Waals surface area contributed by atoms with E-state index in [1.54, 1.807) is 31.2 Å². The fourth-order valence-corrected chi connectivity index (χ4v) is 3.39. The van der Waals surface area contributed by atoms with Gasteiger partial charge in [0.15, 0.2) is 0 Å². The molecule has 0 atom stereocenters. The maximum absolute atomic E-state index is 12.3. The maximum atomic E-state index is 12.3. The van der Waals surface area contributed by atoms with Gasteiger partial charge in [0.05, 0.1) is 11.4 Å². The molecule has 0 aromatic heterocycles. The molecule has 122 valence electrons. The molecule has 23 heavy (non-hydrogen) atoms. The number of hydrogen-bond donors (Lipinski definition) is 2. The average Bonchev–Trinajstić information content (AvgIpc) is 2.50. The number of benzene rings is 2. The summed E-state index contributed by atoms with van der Waals surface area (Å²) in [6.45, 7) is 5.18. The van der Waals surface area contributed by atoms with Crippen LogP contribution in [0.2, 0.25) is 0 Å². The minimum Gasteiger partial charge on any atom is -0.325 e. The Morgan fingerprint density at radius 2 is 1.57 bits per heavy atom. The molecule has 0 saturated carbocycles. The molecule has 2 rings (SSSR count). The summed E-state index contributed by atoms with van der Waals surface area (Å²) in [5, 5.41) is 2.65. The topological polar surface area (TPSA) is 75.3 Å². The van der Waals surface area contributed by atoms with Gasteiger partial charge in [0.1, 0.15) is 0 Å². The third-order valence-electron chi connectivity index (χ3n) is 3.39. The van der Waals surface area contributed by atoms with Crippen molar-refractivity contribution in [1.82, 2.24) is 4.72 Å². The standard InChI is InChI=1S/C17H20N2O3S/c1-12-5-8-15(9-6-12)19-17(20)11-18-23(21,22)16-10-13(2)4-7-14(16)3/h4-10,18H,11H2,1-3H3,(H,19,20). The van der Waals surface area contributed by atoms with E-state index in [-0.39, 0.29) is 11.4 Å². The summed E-state index contributed by atoms with van der Waals surface area (Å²) in [4.78, 5) is 12.1. The van der Waals surface area contributed by atoms with E-state index in [0.717, 1.165) is 11.1 Å². The normalized spacial score (nSPS) is 11.3. The van der Waals surface area contributed by atoms with E-state index < -0.39 is 15.9 Å². The van der Waals surface area contributed by atoms with Gasteiger partial charge >= 0.3 is 0 Å². The van der Waals surface area contributed by atoms with Crippen LogP contribution in [0.1, 0.15) is 16.7 Å². The van der Waals surface area contributed by atoms with E-state index in [1.807, 2.05) is 32.0 Å². The number of nitrogens with one attached hydrogen (secondary N) is 2. The van der Waals surface area contributed by atoms with E-state index in [2.05, 4.69) is 10.0 Å². The lowest BCUT2D eigenvalue weighted by molar-refractivity contribution is -0.115. The molecule has 0 bridgehead atoms. The molecule has 0 aliphatic heterocycles. The quantitative estimate of drug-likeness (QED) is 0.883. The number of carbonyl (C=O) groups is 1. The Kier molecular flexibility index (Phi) is 5.18. The van der Waals surface area contributed by atoms with Crippen LogP contribution in [0, 0.1) is 20.8 Å². The van der Waals surface area contributed by atoms with Crippen LogP contribution in [0.15, 0.2) is 47.4 Å². The van der Waals surface area contributed by atoms with E-state index in [1.165, 1.54) is 0 Å². The molecule has 0 unspecified atom stereocenters. The minimum atomic E-state index is -3.72. The van der Waals surface area contributed by atoms with Crippen LogP contribution >= 0.6 is 0 Å². The third-order valence-corrected chi connectivity index (χ3v) is 4.93. The summed E-state index contributed by atoms with van der Waals surface area (Å²) in [6, 6.07) is 12.5. The number of sulfonamides is 1. The highest BCUT2D eigenvalue weighted by Crippen LogP contribution is 2.16. The first-order chi connectivity index (χ1) is 10.8. The molecular formula is C17H20N2O3S. The summed E-state index contributed by atoms with van der Waals surface area (Å²) in [6.07, 6.45) is 0. The van der Waals surface area contributed by atoms with E-state index in [4.69, 9.17) is 0 Å². The molecule has 0 aliphatic carbocycles. The van der Waals surface area contributed by atoms with Crippen LogP contribution in [0.4, 0.5) is 5.69 Å². The number of rotatable bonds is 5. The van der Waals surface area contributed by atoms with Gasteiger partial charge in [-0.1, -0.05) is 29.8 Å². The van der Waals surface area contributed by atoms with Gasteiger partial charge < -0.3 is 5.32 Å². The molecule has 0 radical (unpaired) electrons. The first-order valence-electron chi connectivity index (χ1n) is 7.21. The molecule has 2 aromatic carbocycles. The van der Waals surface area contributed by atoms with Crippen molar-refractivity contribution >= 4 is 21.6 Å². The zero-order valence-electron chi connectivity index (χ0n) is 13.4. The summed E-state index contributed by atoms with van der Waals surface area (Å²) in [5.74, 6) is -0.414. The molecule has 1 amide bonds. The first kappa shape index (κ1) is 17.2. The molecule has 0 spiro atoms. The highest BCUT2D eigenvalue weighted by Gasteiger charge is 2.18. The van der Waals surface area contributed by atoms with Crippen molar-refractivity contribution in [3.63, 3.8) is 0 Å². The summed E-state index contributed by atoms with van der Waals surface area (Å²) in [5.41, 5.74) is 3.20. The SMILES string of the molecule is Cc1ccc(NC(=O)CNS(=O)(=O)c2cc(C)ccc2C)cc1. The van der Waals surface area contributed by atoms with Crippen LogP contribution < -0.4 is 10.0 Å². The van der Waals surface area contributed by atoms with Gasteiger partial charge in [-0.15, -0.1) is 0 Å². The molecule has 0 fully saturated rings. The highest BCUT2D eigenvalue weighted by atomic mass is 32.2. The van der Waals surface area contributed by atoms with Gasteiger partial charge in [-0.2, -0.15) is 0 Å². The summed E-state index contributed by atoms with van der Waals surface area (Å²) in [7, 11) is -3.72. The van der Waals surface area contributed by atoms with Crippen LogP contribution in [-0.2, 0) is 14.8 Å². The Hall–Kier alpha value is -2.18. The second-order valence-corrected chi connectivity index (χ2v) is 7.24. The Balaban J connectivity index is 2.02. The van der Waals surface area contributed by atoms with Gasteiger partial charge in [-0.05, 0) is 50.1 Å². The predicted octanol–water partition coefficient (Wildman–Crippen LogP) is 2.53. The van der Waals surface area contributed by atoms with E-state index in [0.29, 0.717) is 11.3 Å². The maximum Gasteiger partial charge on any atom is 0.241 e. The molecular weight excluding hydrogens is 312 g/mol. The fraction of sp³-hybridized carbons (Fsp3) is 0.235. The van der Waals surface area contributed by atoms with Crippen LogP contribution in [0.25, 0.3) is 0 Å². The van der Waals surface area contributed by atoms with Crippen molar-refractivity contribution in [2.45, 2.75) is 25.7 Å². The van der Waals surface area contributed by atoms with Crippen LogP contribution in [0.5, 0.6) is 0 Å². The smallest absolute Gasteiger partial charge is 0.241 e. The van der Waals surface area contributed by atoms with Gasteiger partial charge in [0.25, 0.3) is 0 Å². The largest absolute Gasteiger partial charge is 0.325 e. The van der Waals surface area contributed by atoms with Crippen molar-refractivity contribution in [3.8, 4) is 0 Å². The van der Waals surface area contributed by atoms with Crippen molar-refractivity contribution < 1.29 is 13.2 Å². The highest BCUT2D eigenvalue weighted by molar-refractivity contribution is 7.89. The fourth-order valence-electron chi connectivity index (χ4n) is 2.08. The summed E-state index contributed by atoms with van der Waals surface area (Å²) < 4.78 is 27.0. The van der Waals surface area contributed by atoms with Crippen molar-refractivity contribution in [2.24, 2.45) is 0 Å². The lowest BCUT2D eigenvalue weighted by Crippen LogP contribution is -2.33.